The molecule has 0 bridgehead atoms. The van der Waals surface area contributed by atoms with Crippen molar-refractivity contribution in [1.29, 1.82) is 0 Å². The molecule has 0 aliphatic heterocycles. The molecule has 1 amide bonds. The third-order valence-electron chi connectivity index (χ3n) is 3.82. The van der Waals surface area contributed by atoms with E-state index in [1.165, 1.54) is 12.1 Å². The lowest BCUT2D eigenvalue weighted by Crippen LogP contribution is -2.12. The number of hydrogen-bond acceptors (Lipinski definition) is 5. The molecule has 0 spiro atoms. The number of esters is 1. The zero-order valence-electron chi connectivity index (χ0n) is 14.3. The summed E-state index contributed by atoms with van der Waals surface area (Å²) in [6.07, 6.45) is 0. The molecule has 0 saturated carbocycles. The Hall–Kier alpha value is -3.80. The number of hydrogen-bond donors (Lipinski definition) is 3. The molecule has 0 aromatic heterocycles. The molecule has 27 heavy (non-hydrogen) atoms. The van der Waals surface area contributed by atoms with E-state index in [0.717, 1.165) is 6.07 Å². The number of ether oxygens (including phenoxy) is 1. The van der Waals surface area contributed by atoms with Crippen molar-refractivity contribution in [2.24, 2.45) is 0 Å². The highest BCUT2D eigenvalue weighted by Crippen LogP contribution is 2.23. The molecule has 0 aliphatic carbocycles. The van der Waals surface area contributed by atoms with Gasteiger partial charge in [-0.2, -0.15) is 0 Å². The maximum absolute atomic E-state index is 12.2. The fourth-order valence-electron chi connectivity index (χ4n) is 2.39. The van der Waals surface area contributed by atoms with E-state index in [0.29, 0.717) is 16.8 Å². The van der Waals surface area contributed by atoms with Crippen LogP contribution >= 0.6 is 0 Å². The van der Waals surface area contributed by atoms with Gasteiger partial charge in [0.15, 0.2) is 0 Å². The van der Waals surface area contributed by atoms with Crippen molar-refractivity contribution in [1.82, 2.24) is 0 Å². The van der Waals surface area contributed by atoms with Crippen LogP contribution in [0, 0.1) is 0 Å². The smallest absolute Gasteiger partial charge is 0.342 e. The van der Waals surface area contributed by atoms with Crippen LogP contribution in [-0.2, 0) is 11.3 Å². The lowest BCUT2D eigenvalue weighted by molar-refractivity contribution is 0.0468. The van der Waals surface area contributed by atoms with Gasteiger partial charge in [0.25, 0.3) is 5.91 Å². The molecule has 0 atom stereocenters. The Morgan fingerprint density at radius 3 is 2.30 bits per heavy atom. The monoisotopic (exact) mass is 363 g/mol. The molecule has 0 radical (unpaired) electrons. The van der Waals surface area contributed by atoms with Crippen molar-refractivity contribution >= 4 is 17.6 Å². The molecule has 6 heteroatoms. The van der Waals surface area contributed by atoms with Crippen molar-refractivity contribution in [2.75, 3.05) is 5.32 Å². The normalized spacial score (nSPS) is 10.2. The van der Waals surface area contributed by atoms with Crippen molar-refractivity contribution in [3.05, 3.63) is 89.5 Å². The van der Waals surface area contributed by atoms with Gasteiger partial charge in [0.1, 0.15) is 23.7 Å². The van der Waals surface area contributed by atoms with Crippen LogP contribution in [0.15, 0.2) is 72.8 Å². The minimum atomic E-state index is -0.755. The van der Waals surface area contributed by atoms with E-state index in [1.807, 2.05) is 18.2 Å². The summed E-state index contributed by atoms with van der Waals surface area (Å²) in [5.74, 6) is -1.41. The zero-order chi connectivity index (χ0) is 19.2. The number of phenolic OH excluding ortho intramolecular Hbond substituents is 2. The van der Waals surface area contributed by atoms with Gasteiger partial charge in [-0.1, -0.05) is 30.3 Å². The first-order chi connectivity index (χ1) is 13.0. The summed E-state index contributed by atoms with van der Waals surface area (Å²) < 4.78 is 5.14. The van der Waals surface area contributed by atoms with E-state index in [-0.39, 0.29) is 29.6 Å². The Morgan fingerprint density at radius 1 is 0.889 bits per heavy atom. The quantitative estimate of drug-likeness (QED) is 0.474. The first-order valence-corrected chi connectivity index (χ1v) is 8.17. The number of nitrogens with one attached hydrogen (secondary N) is 1. The summed E-state index contributed by atoms with van der Waals surface area (Å²) in [4.78, 5) is 24.2. The molecule has 0 saturated heterocycles. The second kappa shape index (κ2) is 8.05. The predicted molar refractivity (Wildman–Crippen MR) is 99.7 cm³/mol. The molecule has 0 aliphatic rings. The van der Waals surface area contributed by atoms with Crippen LogP contribution in [0.4, 0.5) is 5.69 Å². The summed E-state index contributed by atoms with van der Waals surface area (Å²) in [7, 11) is 0. The van der Waals surface area contributed by atoms with Crippen molar-refractivity contribution in [2.45, 2.75) is 6.61 Å². The van der Waals surface area contributed by atoms with Crippen LogP contribution in [0.1, 0.15) is 26.3 Å². The SMILES string of the molecule is O=C(Nc1ccccc1)c1ccc(COC(=O)c2cc(O)ccc2O)cc1. The summed E-state index contributed by atoms with van der Waals surface area (Å²) in [5, 5.41) is 21.9. The number of para-hydroxylation sites is 1. The van der Waals surface area contributed by atoms with Crippen molar-refractivity contribution in [3.63, 3.8) is 0 Å². The minimum Gasteiger partial charge on any atom is -0.508 e. The number of aromatic hydroxyl groups is 2. The van der Waals surface area contributed by atoms with E-state index in [4.69, 9.17) is 4.74 Å². The second-order valence-electron chi connectivity index (χ2n) is 5.79. The van der Waals surface area contributed by atoms with Gasteiger partial charge < -0.3 is 20.3 Å². The van der Waals surface area contributed by atoms with Gasteiger partial charge in [0, 0.05) is 11.3 Å². The molecule has 0 unspecified atom stereocenters. The number of benzene rings is 3. The maximum atomic E-state index is 12.2. The van der Waals surface area contributed by atoms with E-state index < -0.39 is 5.97 Å². The molecule has 3 N–H and O–H groups in total. The first kappa shape index (κ1) is 18.0. The van der Waals surface area contributed by atoms with E-state index in [1.54, 1.807) is 36.4 Å². The van der Waals surface area contributed by atoms with E-state index in [9.17, 15) is 19.8 Å². The van der Waals surface area contributed by atoms with Gasteiger partial charge in [-0.05, 0) is 48.0 Å². The lowest BCUT2D eigenvalue weighted by atomic mass is 10.1. The third kappa shape index (κ3) is 4.64. The number of anilines is 1. The van der Waals surface area contributed by atoms with Crippen LogP contribution in [0.25, 0.3) is 0 Å². The summed E-state index contributed by atoms with van der Waals surface area (Å²) >= 11 is 0. The van der Waals surface area contributed by atoms with Gasteiger partial charge in [0.2, 0.25) is 0 Å². The van der Waals surface area contributed by atoms with Gasteiger partial charge in [-0.15, -0.1) is 0 Å². The van der Waals surface area contributed by atoms with Crippen molar-refractivity contribution in [3.8, 4) is 11.5 Å². The fraction of sp³-hybridized carbons (Fsp3) is 0.0476. The second-order valence-corrected chi connectivity index (χ2v) is 5.79. The Morgan fingerprint density at radius 2 is 1.59 bits per heavy atom. The molecule has 3 rings (SSSR count). The molecular formula is C21H17NO5. The van der Waals surface area contributed by atoms with Gasteiger partial charge in [-0.25, -0.2) is 4.79 Å². The molecule has 136 valence electrons. The third-order valence-corrected chi connectivity index (χ3v) is 3.82. The number of amides is 1. The van der Waals surface area contributed by atoms with Crippen LogP contribution in [0.5, 0.6) is 11.5 Å². The lowest BCUT2D eigenvalue weighted by Gasteiger charge is -2.08. The number of rotatable bonds is 5. The largest absolute Gasteiger partial charge is 0.508 e. The minimum absolute atomic E-state index is 0.0332. The van der Waals surface area contributed by atoms with Crippen LogP contribution < -0.4 is 5.32 Å². The van der Waals surface area contributed by atoms with Crippen LogP contribution in [-0.4, -0.2) is 22.1 Å². The number of carbonyl (C=O) groups is 2. The summed E-state index contributed by atoms with van der Waals surface area (Å²) in [5.41, 5.74) is 1.74. The first-order valence-electron chi connectivity index (χ1n) is 8.17. The fourth-order valence-corrected chi connectivity index (χ4v) is 2.39. The zero-order valence-corrected chi connectivity index (χ0v) is 14.3. The van der Waals surface area contributed by atoms with Crippen molar-refractivity contribution < 1.29 is 24.5 Å². The molecule has 0 heterocycles. The molecule has 6 nitrogen and oxygen atoms in total. The Labute approximate surface area is 155 Å². The average Bonchev–Trinajstić information content (AvgIpc) is 2.69. The Balaban J connectivity index is 1.60. The number of phenols is 2. The maximum Gasteiger partial charge on any atom is 0.342 e. The van der Waals surface area contributed by atoms with Gasteiger partial charge in [-0.3, -0.25) is 4.79 Å². The topological polar surface area (TPSA) is 95.9 Å². The van der Waals surface area contributed by atoms with E-state index >= 15 is 0 Å². The Kier molecular flexibility index (Phi) is 5.37. The number of carbonyl (C=O) groups excluding carboxylic acids is 2. The van der Waals surface area contributed by atoms with Crippen LogP contribution in [0.3, 0.4) is 0 Å². The predicted octanol–water partition coefficient (Wildman–Crippen LogP) is 3.71. The highest BCUT2D eigenvalue weighted by Gasteiger charge is 2.14. The molecule has 3 aromatic carbocycles. The molecular weight excluding hydrogens is 346 g/mol. The standard InChI is InChI=1S/C21H17NO5/c23-17-10-11-19(24)18(12-17)21(26)27-13-14-6-8-15(9-7-14)20(25)22-16-4-2-1-3-5-16/h1-12,23-24H,13H2,(H,22,25). The van der Waals surface area contributed by atoms with Crippen LogP contribution in [0.2, 0.25) is 0 Å². The molecule has 0 fully saturated rings. The van der Waals surface area contributed by atoms with Gasteiger partial charge >= 0.3 is 5.97 Å². The van der Waals surface area contributed by atoms with Gasteiger partial charge in [0.05, 0.1) is 0 Å². The average molecular weight is 363 g/mol. The summed E-state index contributed by atoms with van der Waals surface area (Å²) in [6.45, 7) is -0.0332. The highest BCUT2D eigenvalue weighted by molar-refractivity contribution is 6.04. The summed E-state index contributed by atoms with van der Waals surface area (Å²) in [6, 6.07) is 19.3. The van der Waals surface area contributed by atoms with E-state index in [2.05, 4.69) is 5.32 Å². The highest BCUT2D eigenvalue weighted by atomic mass is 16.5. The molecule has 3 aromatic rings. The Bertz CT molecular complexity index is 952.